The maximum Gasteiger partial charge on any atom is 0.470 e. The smallest absolute Gasteiger partial charge is 0.416 e. The van der Waals surface area contributed by atoms with E-state index in [-0.39, 0.29) is 5.89 Å². The fourth-order valence-corrected chi connectivity index (χ4v) is 0.533. The molecule has 0 radical (unpaired) electrons. The molecule has 7 heteroatoms. The van der Waals surface area contributed by atoms with Crippen molar-refractivity contribution in [3.63, 3.8) is 0 Å². The number of rotatable bonds is 1. The van der Waals surface area contributed by atoms with Crippen LogP contribution in [0.2, 0.25) is 0 Å². The minimum atomic E-state index is -4.60. The molecule has 0 aromatic carbocycles. The van der Waals surface area contributed by atoms with Crippen LogP contribution >= 0.6 is 0 Å². The molecule has 2 N–H and O–H groups in total. The summed E-state index contributed by atoms with van der Waals surface area (Å²) in [5.74, 6) is -1.59. The number of halogens is 3. The van der Waals surface area contributed by atoms with Crippen LogP contribution in [-0.4, -0.2) is 10.2 Å². The molecule has 0 aliphatic rings. The second kappa shape index (κ2) is 2.74. The Morgan fingerprint density at radius 3 is 2.25 bits per heavy atom. The lowest BCUT2D eigenvalue weighted by atomic mass is 10.4. The number of nitrogens with zero attached hydrogens (tertiary/aromatic N) is 2. The van der Waals surface area contributed by atoms with Crippen LogP contribution in [0.5, 0.6) is 0 Å². The normalized spacial score (nSPS) is 14.8. The van der Waals surface area contributed by atoms with Gasteiger partial charge in [-0.15, -0.1) is 10.2 Å². The summed E-state index contributed by atoms with van der Waals surface area (Å²) in [4.78, 5) is 0. The van der Waals surface area contributed by atoms with E-state index in [1.807, 2.05) is 0 Å². The second-order valence-electron chi connectivity index (χ2n) is 2.23. The largest absolute Gasteiger partial charge is 0.470 e. The zero-order chi connectivity index (χ0) is 9.35. The van der Waals surface area contributed by atoms with Crippen LogP contribution in [0, 0.1) is 0 Å². The Morgan fingerprint density at radius 1 is 1.42 bits per heavy atom. The van der Waals surface area contributed by atoms with Gasteiger partial charge in [0.2, 0.25) is 5.89 Å². The van der Waals surface area contributed by atoms with Crippen molar-refractivity contribution in [2.24, 2.45) is 5.73 Å². The molecule has 0 saturated carbocycles. The Morgan fingerprint density at radius 2 is 2.00 bits per heavy atom. The maximum atomic E-state index is 11.8. The molecule has 0 bridgehead atoms. The van der Waals surface area contributed by atoms with E-state index in [4.69, 9.17) is 5.73 Å². The van der Waals surface area contributed by atoms with Crippen LogP contribution in [0.1, 0.15) is 24.7 Å². The first-order valence-electron chi connectivity index (χ1n) is 3.07. The van der Waals surface area contributed by atoms with Gasteiger partial charge in [0.1, 0.15) is 0 Å². The van der Waals surface area contributed by atoms with Crippen LogP contribution in [0.25, 0.3) is 0 Å². The van der Waals surface area contributed by atoms with E-state index < -0.39 is 18.1 Å². The van der Waals surface area contributed by atoms with Crippen molar-refractivity contribution in [2.45, 2.75) is 19.1 Å². The third kappa shape index (κ3) is 1.73. The number of alkyl halides is 3. The number of nitrogens with two attached hydrogens (primary N) is 1. The van der Waals surface area contributed by atoms with Crippen molar-refractivity contribution in [1.29, 1.82) is 0 Å². The highest BCUT2D eigenvalue weighted by molar-refractivity contribution is 4.89. The minimum Gasteiger partial charge on any atom is -0.416 e. The van der Waals surface area contributed by atoms with E-state index >= 15 is 0 Å². The fraction of sp³-hybridized carbons (Fsp3) is 0.600. The van der Waals surface area contributed by atoms with Crippen molar-refractivity contribution in [3.8, 4) is 0 Å². The standard InChI is InChI=1S/C5H6F3N3O/c1-2(9)3-10-11-4(12-3)5(6,7)8/h2H,9H2,1H3/t2-/m0/s1. The molecular weight excluding hydrogens is 175 g/mol. The van der Waals surface area contributed by atoms with Crippen molar-refractivity contribution in [1.82, 2.24) is 10.2 Å². The summed E-state index contributed by atoms with van der Waals surface area (Å²) in [6.07, 6.45) is -4.60. The van der Waals surface area contributed by atoms with Crippen LogP contribution in [0.3, 0.4) is 0 Å². The Balaban J connectivity index is 2.92. The van der Waals surface area contributed by atoms with Crippen LogP contribution < -0.4 is 5.73 Å². The van der Waals surface area contributed by atoms with E-state index in [0.717, 1.165) is 0 Å². The van der Waals surface area contributed by atoms with Gasteiger partial charge in [-0.3, -0.25) is 0 Å². The van der Waals surface area contributed by atoms with Crippen LogP contribution in [0.4, 0.5) is 13.2 Å². The Kier molecular flexibility index (Phi) is 2.05. The predicted molar refractivity (Wildman–Crippen MR) is 31.9 cm³/mol. The molecule has 0 aliphatic carbocycles. The van der Waals surface area contributed by atoms with Gasteiger partial charge in [-0.25, -0.2) is 0 Å². The van der Waals surface area contributed by atoms with E-state index in [1.54, 1.807) is 0 Å². The number of hydrogen-bond donors (Lipinski definition) is 1. The van der Waals surface area contributed by atoms with Crippen LogP contribution in [0.15, 0.2) is 4.42 Å². The average Bonchev–Trinajstić information content (AvgIpc) is 2.30. The third-order valence-corrected chi connectivity index (χ3v) is 1.07. The van der Waals surface area contributed by atoms with E-state index in [1.165, 1.54) is 6.92 Å². The summed E-state index contributed by atoms with van der Waals surface area (Å²) >= 11 is 0. The number of hydrogen-bond acceptors (Lipinski definition) is 4. The molecule has 0 aliphatic heterocycles. The molecule has 1 aromatic heterocycles. The average molecular weight is 181 g/mol. The van der Waals surface area contributed by atoms with Gasteiger partial charge in [-0.2, -0.15) is 13.2 Å². The van der Waals surface area contributed by atoms with Gasteiger partial charge in [-0.1, -0.05) is 0 Å². The first-order chi connectivity index (χ1) is 5.41. The molecule has 0 fully saturated rings. The summed E-state index contributed by atoms with van der Waals surface area (Å²) in [6, 6.07) is -0.686. The summed E-state index contributed by atoms with van der Waals surface area (Å²) in [6.45, 7) is 1.45. The van der Waals surface area contributed by atoms with E-state index in [9.17, 15) is 13.2 Å². The lowest BCUT2D eigenvalue weighted by Crippen LogP contribution is -2.06. The van der Waals surface area contributed by atoms with Gasteiger partial charge in [0.05, 0.1) is 6.04 Å². The third-order valence-electron chi connectivity index (χ3n) is 1.07. The second-order valence-corrected chi connectivity index (χ2v) is 2.23. The minimum absolute atomic E-state index is 0.220. The predicted octanol–water partition coefficient (Wildman–Crippen LogP) is 1.11. The lowest BCUT2D eigenvalue weighted by molar-refractivity contribution is -0.157. The van der Waals surface area contributed by atoms with Gasteiger partial charge < -0.3 is 10.2 Å². The maximum absolute atomic E-state index is 11.8. The monoisotopic (exact) mass is 181 g/mol. The van der Waals surface area contributed by atoms with Crippen molar-refractivity contribution in [2.75, 3.05) is 0 Å². The molecule has 1 atom stereocenters. The quantitative estimate of drug-likeness (QED) is 0.704. The van der Waals surface area contributed by atoms with Crippen molar-refractivity contribution < 1.29 is 17.6 Å². The molecule has 1 rings (SSSR count). The molecule has 68 valence electrons. The molecule has 1 aromatic rings. The molecular formula is C5H6F3N3O. The first-order valence-corrected chi connectivity index (χ1v) is 3.07. The number of aromatic nitrogens is 2. The highest BCUT2D eigenvalue weighted by Gasteiger charge is 2.38. The van der Waals surface area contributed by atoms with Gasteiger partial charge in [-0.05, 0) is 6.92 Å². The summed E-state index contributed by atoms with van der Waals surface area (Å²) in [5.41, 5.74) is 5.21. The van der Waals surface area contributed by atoms with Gasteiger partial charge in [0.25, 0.3) is 0 Å². The SMILES string of the molecule is C[C@H](N)c1nnc(C(F)(F)F)o1. The first kappa shape index (κ1) is 8.98. The van der Waals surface area contributed by atoms with Crippen molar-refractivity contribution in [3.05, 3.63) is 11.8 Å². The topological polar surface area (TPSA) is 64.9 Å². The molecule has 0 saturated heterocycles. The van der Waals surface area contributed by atoms with Crippen molar-refractivity contribution >= 4 is 0 Å². The zero-order valence-corrected chi connectivity index (χ0v) is 6.09. The summed E-state index contributed by atoms with van der Waals surface area (Å²) < 4.78 is 39.7. The van der Waals surface area contributed by atoms with E-state index in [0.29, 0.717) is 0 Å². The Hall–Kier alpha value is -1.11. The lowest BCUT2D eigenvalue weighted by Gasteiger charge is -1.98. The zero-order valence-electron chi connectivity index (χ0n) is 6.09. The van der Waals surface area contributed by atoms with Gasteiger partial charge in [0.15, 0.2) is 0 Å². The van der Waals surface area contributed by atoms with Crippen LogP contribution in [-0.2, 0) is 6.18 Å². The van der Waals surface area contributed by atoms with Gasteiger partial charge in [0, 0.05) is 0 Å². The molecule has 4 nitrogen and oxygen atoms in total. The fourth-order valence-electron chi connectivity index (χ4n) is 0.533. The molecule has 1 heterocycles. The van der Waals surface area contributed by atoms with E-state index in [2.05, 4.69) is 14.6 Å². The highest BCUT2D eigenvalue weighted by atomic mass is 19.4. The molecule has 12 heavy (non-hydrogen) atoms. The summed E-state index contributed by atoms with van der Waals surface area (Å²) in [5, 5.41) is 5.91. The Bertz CT molecular complexity index is 267. The summed E-state index contributed by atoms with van der Waals surface area (Å²) in [7, 11) is 0. The Labute approximate surface area is 65.6 Å². The highest BCUT2D eigenvalue weighted by Crippen LogP contribution is 2.28. The van der Waals surface area contributed by atoms with Gasteiger partial charge >= 0.3 is 12.1 Å². The molecule has 0 amide bonds. The molecule has 0 unspecified atom stereocenters. The molecule has 0 spiro atoms.